The Kier molecular flexibility index (Phi) is 9.55. The molecule has 0 aliphatic heterocycles. The van der Waals surface area contributed by atoms with Crippen molar-refractivity contribution in [3.63, 3.8) is 0 Å². The number of nitrogens with one attached hydrogen (secondary N) is 2. The van der Waals surface area contributed by atoms with Crippen molar-refractivity contribution in [2.24, 2.45) is 17.6 Å². The van der Waals surface area contributed by atoms with Gasteiger partial charge in [0.1, 0.15) is 0 Å². The first-order valence-corrected chi connectivity index (χ1v) is 10.5. The van der Waals surface area contributed by atoms with Gasteiger partial charge < -0.3 is 16.4 Å². The monoisotopic (exact) mass is 323 g/mol. The lowest BCUT2D eigenvalue weighted by Gasteiger charge is -2.28. The van der Waals surface area contributed by atoms with Crippen LogP contribution in [0.3, 0.4) is 0 Å². The molecule has 0 aromatic rings. The van der Waals surface area contributed by atoms with Gasteiger partial charge in [-0.15, -0.1) is 0 Å². The van der Waals surface area contributed by atoms with E-state index in [-0.39, 0.29) is 0 Å². The summed E-state index contributed by atoms with van der Waals surface area (Å²) in [6.07, 6.45) is 16.4. The summed E-state index contributed by atoms with van der Waals surface area (Å²) in [5.41, 5.74) is 5.97. The van der Waals surface area contributed by atoms with Crippen molar-refractivity contribution in [1.29, 1.82) is 0 Å². The van der Waals surface area contributed by atoms with Crippen molar-refractivity contribution in [2.75, 3.05) is 19.6 Å². The molecule has 0 heterocycles. The molecule has 0 spiro atoms. The molecule has 1 atom stereocenters. The minimum Gasteiger partial charge on any atom is -0.328 e. The standard InChI is InChI=1S/C20H41N3/c1-17(19-7-3-2-4-8-19)23-15-6-5-14-22-16-13-18-9-11-20(21)12-10-18/h17-20,22-23H,2-16,21H2,1H3. The summed E-state index contributed by atoms with van der Waals surface area (Å²) in [5.74, 6) is 1.87. The third-order valence-corrected chi connectivity index (χ3v) is 6.22. The molecular formula is C20H41N3. The van der Waals surface area contributed by atoms with Gasteiger partial charge >= 0.3 is 0 Å². The van der Waals surface area contributed by atoms with Crippen LogP contribution in [0.5, 0.6) is 0 Å². The smallest absolute Gasteiger partial charge is 0.00669 e. The average molecular weight is 324 g/mol. The van der Waals surface area contributed by atoms with Gasteiger partial charge in [0.05, 0.1) is 0 Å². The van der Waals surface area contributed by atoms with Crippen molar-refractivity contribution in [3.05, 3.63) is 0 Å². The second-order valence-corrected chi connectivity index (χ2v) is 8.17. The zero-order valence-electron chi connectivity index (χ0n) is 15.5. The Morgan fingerprint density at radius 1 is 0.870 bits per heavy atom. The maximum absolute atomic E-state index is 5.97. The minimum atomic E-state index is 0.489. The van der Waals surface area contributed by atoms with Crippen LogP contribution in [-0.4, -0.2) is 31.7 Å². The Labute approximate surface area is 144 Å². The van der Waals surface area contributed by atoms with Gasteiger partial charge in [-0.1, -0.05) is 19.3 Å². The Morgan fingerprint density at radius 2 is 1.57 bits per heavy atom. The van der Waals surface area contributed by atoms with E-state index in [1.807, 2.05) is 0 Å². The molecule has 0 saturated heterocycles. The summed E-state index contributed by atoms with van der Waals surface area (Å²) in [6.45, 7) is 5.97. The highest BCUT2D eigenvalue weighted by molar-refractivity contribution is 4.76. The van der Waals surface area contributed by atoms with E-state index < -0.39 is 0 Å². The van der Waals surface area contributed by atoms with Crippen LogP contribution in [-0.2, 0) is 0 Å². The second kappa shape index (κ2) is 11.4. The Morgan fingerprint density at radius 3 is 2.30 bits per heavy atom. The van der Waals surface area contributed by atoms with E-state index in [9.17, 15) is 0 Å². The zero-order chi connectivity index (χ0) is 16.3. The van der Waals surface area contributed by atoms with Gasteiger partial charge in [-0.25, -0.2) is 0 Å². The number of unbranched alkanes of at least 4 members (excludes halogenated alkanes) is 1. The quantitative estimate of drug-likeness (QED) is 0.536. The van der Waals surface area contributed by atoms with E-state index in [4.69, 9.17) is 5.73 Å². The highest BCUT2D eigenvalue weighted by Crippen LogP contribution is 2.26. The van der Waals surface area contributed by atoms with Gasteiger partial charge in [0.15, 0.2) is 0 Å². The molecule has 1 unspecified atom stereocenters. The third kappa shape index (κ3) is 8.00. The number of rotatable bonds is 10. The number of hydrogen-bond donors (Lipinski definition) is 3. The topological polar surface area (TPSA) is 50.1 Å². The molecule has 4 N–H and O–H groups in total. The van der Waals surface area contributed by atoms with E-state index in [1.54, 1.807) is 0 Å². The van der Waals surface area contributed by atoms with Gasteiger partial charge in [-0.2, -0.15) is 0 Å². The first-order chi connectivity index (χ1) is 11.3. The normalized spacial score (nSPS) is 27.9. The van der Waals surface area contributed by atoms with Crippen molar-refractivity contribution in [3.8, 4) is 0 Å². The largest absolute Gasteiger partial charge is 0.328 e. The lowest BCUT2D eigenvalue weighted by molar-refractivity contribution is 0.280. The van der Waals surface area contributed by atoms with Gasteiger partial charge in [0.25, 0.3) is 0 Å². The maximum atomic E-state index is 5.97. The van der Waals surface area contributed by atoms with Gasteiger partial charge in [-0.3, -0.25) is 0 Å². The summed E-state index contributed by atoms with van der Waals surface area (Å²) >= 11 is 0. The number of hydrogen-bond acceptors (Lipinski definition) is 3. The van der Waals surface area contributed by atoms with Crippen LogP contribution in [0.2, 0.25) is 0 Å². The average Bonchev–Trinajstić information content (AvgIpc) is 2.59. The van der Waals surface area contributed by atoms with E-state index in [0.717, 1.165) is 17.9 Å². The molecule has 23 heavy (non-hydrogen) atoms. The predicted molar refractivity (Wildman–Crippen MR) is 101 cm³/mol. The lowest BCUT2D eigenvalue weighted by Crippen LogP contribution is -2.35. The summed E-state index contributed by atoms with van der Waals surface area (Å²) in [5, 5.41) is 7.40. The molecule has 2 aliphatic carbocycles. The molecule has 2 saturated carbocycles. The van der Waals surface area contributed by atoms with Gasteiger partial charge in [-0.05, 0) is 96.2 Å². The molecule has 3 nitrogen and oxygen atoms in total. The molecule has 2 aliphatic rings. The highest BCUT2D eigenvalue weighted by atomic mass is 14.9. The fourth-order valence-corrected chi connectivity index (χ4v) is 4.41. The van der Waals surface area contributed by atoms with Crippen molar-refractivity contribution in [2.45, 2.75) is 96.1 Å². The third-order valence-electron chi connectivity index (χ3n) is 6.22. The van der Waals surface area contributed by atoms with Crippen LogP contribution < -0.4 is 16.4 Å². The molecule has 2 rings (SSSR count). The van der Waals surface area contributed by atoms with E-state index >= 15 is 0 Å². The van der Waals surface area contributed by atoms with Crippen LogP contribution in [0.1, 0.15) is 84.0 Å². The molecule has 0 aromatic heterocycles. The van der Waals surface area contributed by atoms with E-state index in [2.05, 4.69) is 17.6 Å². The molecule has 0 bridgehead atoms. The summed E-state index contributed by atoms with van der Waals surface area (Å²) in [4.78, 5) is 0. The summed E-state index contributed by atoms with van der Waals surface area (Å²) in [6, 6.07) is 1.21. The first-order valence-electron chi connectivity index (χ1n) is 10.5. The van der Waals surface area contributed by atoms with Gasteiger partial charge in [0.2, 0.25) is 0 Å². The minimum absolute atomic E-state index is 0.489. The summed E-state index contributed by atoms with van der Waals surface area (Å²) in [7, 11) is 0. The molecule has 0 aromatic carbocycles. The first kappa shape index (κ1) is 19.2. The van der Waals surface area contributed by atoms with Crippen molar-refractivity contribution >= 4 is 0 Å². The van der Waals surface area contributed by atoms with Crippen LogP contribution in [0.4, 0.5) is 0 Å². The van der Waals surface area contributed by atoms with E-state index in [0.29, 0.717) is 6.04 Å². The Balaban J connectivity index is 1.36. The SMILES string of the molecule is CC(NCCCCNCCC1CCC(N)CC1)C1CCCCC1. The summed E-state index contributed by atoms with van der Waals surface area (Å²) < 4.78 is 0. The molecular weight excluding hydrogens is 282 g/mol. The van der Waals surface area contributed by atoms with E-state index in [1.165, 1.54) is 96.7 Å². The van der Waals surface area contributed by atoms with Crippen LogP contribution in [0, 0.1) is 11.8 Å². The molecule has 0 radical (unpaired) electrons. The van der Waals surface area contributed by atoms with Crippen LogP contribution in [0.25, 0.3) is 0 Å². The zero-order valence-corrected chi connectivity index (χ0v) is 15.5. The van der Waals surface area contributed by atoms with Crippen LogP contribution >= 0.6 is 0 Å². The van der Waals surface area contributed by atoms with Gasteiger partial charge in [0, 0.05) is 12.1 Å². The molecule has 3 heteroatoms. The maximum Gasteiger partial charge on any atom is 0.00669 e. The predicted octanol–water partition coefficient (Wildman–Crippen LogP) is 3.82. The van der Waals surface area contributed by atoms with Crippen LogP contribution in [0.15, 0.2) is 0 Å². The van der Waals surface area contributed by atoms with Crippen molar-refractivity contribution < 1.29 is 0 Å². The Bertz CT molecular complexity index is 281. The number of nitrogens with two attached hydrogens (primary N) is 1. The highest BCUT2D eigenvalue weighted by Gasteiger charge is 2.19. The van der Waals surface area contributed by atoms with Crippen molar-refractivity contribution in [1.82, 2.24) is 10.6 Å². The molecule has 2 fully saturated rings. The molecule has 136 valence electrons. The molecule has 0 amide bonds. The Hall–Kier alpha value is -0.120. The fraction of sp³-hybridized carbons (Fsp3) is 1.00. The lowest BCUT2D eigenvalue weighted by atomic mass is 9.84. The fourth-order valence-electron chi connectivity index (χ4n) is 4.41. The second-order valence-electron chi connectivity index (χ2n) is 8.17.